The van der Waals surface area contributed by atoms with Crippen molar-refractivity contribution in [3.8, 4) is 5.75 Å². The van der Waals surface area contributed by atoms with Gasteiger partial charge in [0.15, 0.2) is 0 Å². The summed E-state index contributed by atoms with van der Waals surface area (Å²) in [6.07, 6.45) is 2.31. The summed E-state index contributed by atoms with van der Waals surface area (Å²) in [5, 5.41) is 2.46. The van der Waals surface area contributed by atoms with Gasteiger partial charge in [-0.05, 0) is 41.2 Å². The lowest BCUT2D eigenvalue weighted by Crippen LogP contribution is -2.42. The first-order valence-corrected chi connectivity index (χ1v) is 6.97. The summed E-state index contributed by atoms with van der Waals surface area (Å²) in [5.74, 6) is 0.928. The van der Waals surface area contributed by atoms with Crippen LogP contribution in [0.2, 0.25) is 0 Å². The maximum absolute atomic E-state index is 6.29. The van der Waals surface area contributed by atoms with Crippen molar-refractivity contribution >= 4 is 10.8 Å². The molecule has 1 aliphatic carbocycles. The summed E-state index contributed by atoms with van der Waals surface area (Å²) in [6.45, 7) is 4.45. The molecule has 0 aromatic heterocycles. The monoisotopic (exact) mass is 255 g/mol. The first-order valence-electron chi connectivity index (χ1n) is 6.97. The van der Waals surface area contributed by atoms with E-state index in [1.807, 2.05) is 6.07 Å². The molecule has 0 radical (unpaired) electrons. The number of ether oxygens (including phenoxy) is 1. The van der Waals surface area contributed by atoms with Gasteiger partial charge < -0.3 is 10.5 Å². The fourth-order valence-electron chi connectivity index (χ4n) is 2.91. The topological polar surface area (TPSA) is 35.2 Å². The molecule has 19 heavy (non-hydrogen) atoms. The Morgan fingerprint density at radius 3 is 2.53 bits per heavy atom. The standard InChI is InChI=1S/C17H21NO/c1-17(2)10-9-15(16(17)18)19-14-8-7-12-5-3-4-6-13(12)11-14/h3-8,11,15-16H,9-10,18H2,1-2H3. The molecule has 3 rings (SSSR count). The van der Waals surface area contributed by atoms with Crippen LogP contribution in [-0.4, -0.2) is 12.1 Å². The van der Waals surface area contributed by atoms with Crippen LogP contribution in [0.5, 0.6) is 5.75 Å². The highest BCUT2D eigenvalue weighted by molar-refractivity contribution is 5.83. The molecule has 1 aliphatic rings. The molecule has 2 atom stereocenters. The number of hydrogen-bond acceptors (Lipinski definition) is 2. The molecule has 0 saturated heterocycles. The van der Waals surface area contributed by atoms with E-state index in [1.165, 1.54) is 10.8 Å². The molecule has 2 aromatic rings. The minimum Gasteiger partial charge on any atom is -0.489 e. The van der Waals surface area contributed by atoms with Crippen molar-refractivity contribution in [1.29, 1.82) is 0 Å². The molecule has 0 spiro atoms. The third-order valence-electron chi connectivity index (χ3n) is 4.38. The highest BCUT2D eigenvalue weighted by Crippen LogP contribution is 2.38. The maximum atomic E-state index is 6.29. The Hall–Kier alpha value is -1.54. The van der Waals surface area contributed by atoms with Crippen LogP contribution in [0.3, 0.4) is 0 Å². The molecule has 2 aromatic carbocycles. The van der Waals surface area contributed by atoms with Crippen LogP contribution < -0.4 is 10.5 Å². The lowest BCUT2D eigenvalue weighted by molar-refractivity contribution is 0.165. The SMILES string of the molecule is CC1(C)CCC(Oc2ccc3ccccc3c2)C1N. The predicted octanol–water partition coefficient (Wildman–Crippen LogP) is 3.73. The van der Waals surface area contributed by atoms with Gasteiger partial charge in [-0.1, -0.05) is 44.2 Å². The molecule has 100 valence electrons. The summed E-state index contributed by atoms with van der Waals surface area (Å²) < 4.78 is 6.11. The molecule has 2 N–H and O–H groups in total. The van der Waals surface area contributed by atoms with Gasteiger partial charge in [-0.2, -0.15) is 0 Å². The lowest BCUT2D eigenvalue weighted by atomic mass is 9.88. The molecule has 2 nitrogen and oxygen atoms in total. The van der Waals surface area contributed by atoms with E-state index in [0.717, 1.165) is 18.6 Å². The summed E-state index contributed by atoms with van der Waals surface area (Å²) in [7, 11) is 0. The molecule has 0 heterocycles. The zero-order chi connectivity index (χ0) is 13.5. The second-order valence-corrected chi connectivity index (χ2v) is 6.22. The Morgan fingerprint density at radius 2 is 1.84 bits per heavy atom. The van der Waals surface area contributed by atoms with Crippen LogP contribution in [0.1, 0.15) is 26.7 Å². The van der Waals surface area contributed by atoms with E-state index < -0.39 is 0 Å². The summed E-state index contributed by atoms with van der Waals surface area (Å²) in [5.41, 5.74) is 6.47. The Balaban J connectivity index is 1.82. The van der Waals surface area contributed by atoms with Crippen molar-refractivity contribution in [3.63, 3.8) is 0 Å². The van der Waals surface area contributed by atoms with E-state index in [9.17, 15) is 0 Å². The molecule has 0 amide bonds. The molecule has 0 bridgehead atoms. The number of fused-ring (bicyclic) bond motifs is 1. The summed E-state index contributed by atoms with van der Waals surface area (Å²) in [6, 6.07) is 14.7. The van der Waals surface area contributed by atoms with E-state index in [-0.39, 0.29) is 17.6 Å². The maximum Gasteiger partial charge on any atom is 0.120 e. The number of hydrogen-bond donors (Lipinski definition) is 1. The highest BCUT2D eigenvalue weighted by atomic mass is 16.5. The Labute approximate surface area is 114 Å². The van der Waals surface area contributed by atoms with Crippen LogP contribution in [0.15, 0.2) is 42.5 Å². The molecular formula is C17H21NO. The summed E-state index contributed by atoms with van der Waals surface area (Å²) >= 11 is 0. The van der Waals surface area contributed by atoms with E-state index in [2.05, 4.69) is 50.2 Å². The van der Waals surface area contributed by atoms with Crippen LogP contribution in [0.25, 0.3) is 10.8 Å². The van der Waals surface area contributed by atoms with E-state index >= 15 is 0 Å². The van der Waals surface area contributed by atoms with E-state index in [0.29, 0.717) is 0 Å². The zero-order valence-electron chi connectivity index (χ0n) is 11.6. The van der Waals surface area contributed by atoms with Gasteiger partial charge in [0.1, 0.15) is 11.9 Å². The Kier molecular flexibility index (Phi) is 2.98. The number of rotatable bonds is 2. The van der Waals surface area contributed by atoms with Gasteiger partial charge in [-0.3, -0.25) is 0 Å². The van der Waals surface area contributed by atoms with Gasteiger partial charge >= 0.3 is 0 Å². The lowest BCUT2D eigenvalue weighted by Gasteiger charge is -2.27. The van der Waals surface area contributed by atoms with Crippen LogP contribution in [0.4, 0.5) is 0 Å². The average Bonchev–Trinajstić information content (AvgIpc) is 2.66. The Bertz CT molecular complexity index is 591. The van der Waals surface area contributed by atoms with Crippen molar-refractivity contribution in [3.05, 3.63) is 42.5 Å². The zero-order valence-corrected chi connectivity index (χ0v) is 11.6. The third kappa shape index (κ3) is 2.33. The van der Waals surface area contributed by atoms with Crippen molar-refractivity contribution < 1.29 is 4.74 Å². The van der Waals surface area contributed by atoms with Crippen molar-refractivity contribution in [1.82, 2.24) is 0 Å². The van der Waals surface area contributed by atoms with Crippen LogP contribution in [0, 0.1) is 5.41 Å². The molecule has 2 unspecified atom stereocenters. The molecule has 2 heteroatoms. The second-order valence-electron chi connectivity index (χ2n) is 6.22. The fourth-order valence-corrected chi connectivity index (χ4v) is 2.91. The van der Waals surface area contributed by atoms with Crippen molar-refractivity contribution in [2.24, 2.45) is 11.1 Å². The number of nitrogens with two attached hydrogens (primary N) is 1. The van der Waals surface area contributed by atoms with Crippen molar-refractivity contribution in [2.45, 2.75) is 38.8 Å². The van der Waals surface area contributed by atoms with Gasteiger partial charge in [-0.25, -0.2) is 0 Å². The quantitative estimate of drug-likeness (QED) is 0.887. The largest absolute Gasteiger partial charge is 0.489 e. The van der Waals surface area contributed by atoms with Crippen molar-refractivity contribution in [2.75, 3.05) is 0 Å². The molecule has 1 saturated carbocycles. The molecule has 1 fully saturated rings. The summed E-state index contributed by atoms with van der Waals surface area (Å²) in [4.78, 5) is 0. The van der Waals surface area contributed by atoms with Gasteiger partial charge in [-0.15, -0.1) is 0 Å². The van der Waals surface area contributed by atoms with Gasteiger partial charge in [0.25, 0.3) is 0 Å². The van der Waals surface area contributed by atoms with Gasteiger partial charge in [0, 0.05) is 6.04 Å². The predicted molar refractivity (Wildman–Crippen MR) is 79.4 cm³/mol. The van der Waals surface area contributed by atoms with Crippen LogP contribution in [-0.2, 0) is 0 Å². The molecular weight excluding hydrogens is 234 g/mol. The van der Waals surface area contributed by atoms with Gasteiger partial charge in [0.2, 0.25) is 0 Å². The van der Waals surface area contributed by atoms with E-state index in [1.54, 1.807) is 0 Å². The average molecular weight is 255 g/mol. The fraction of sp³-hybridized carbons (Fsp3) is 0.412. The first kappa shape index (κ1) is 12.5. The highest BCUT2D eigenvalue weighted by Gasteiger charge is 2.40. The minimum atomic E-state index is 0.110. The van der Waals surface area contributed by atoms with Crippen LogP contribution >= 0.6 is 0 Å². The normalized spacial score (nSPS) is 25.6. The number of benzene rings is 2. The third-order valence-corrected chi connectivity index (χ3v) is 4.38. The molecule has 0 aliphatic heterocycles. The van der Waals surface area contributed by atoms with E-state index in [4.69, 9.17) is 10.5 Å². The Morgan fingerprint density at radius 1 is 1.11 bits per heavy atom. The smallest absolute Gasteiger partial charge is 0.120 e. The second kappa shape index (κ2) is 4.53. The first-order chi connectivity index (χ1) is 9.06. The van der Waals surface area contributed by atoms with Gasteiger partial charge in [0.05, 0.1) is 0 Å². The minimum absolute atomic E-state index is 0.110.